The summed E-state index contributed by atoms with van der Waals surface area (Å²) in [5.74, 6) is -0.295. The van der Waals surface area contributed by atoms with Gasteiger partial charge in [-0.3, -0.25) is 19.6 Å². The largest absolute Gasteiger partial charge is 0.497 e. The fraction of sp³-hybridized carbons (Fsp3) is 0.167. The molecular formula is C30H29N3O5. The highest BCUT2D eigenvalue weighted by atomic mass is 16.5. The van der Waals surface area contributed by atoms with Crippen LogP contribution in [0.5, 0.6) is 5.75 Å². The van der Waals surface area contributed by atoms with Crippen molar-refractivity contribution in [3.05, 3.63) is 107 Å². The summed E-state index contributed by atoms with van der Waals surface area (Å²) in [5, 5.41) is 14.5. The number of ether oxygens (including phenoxy) is 1. The lowest BCUT2D eigenvalue weighted by atomic mass is 10.0. The summed E-state index contributed by atoms with van der Waals surface area (Å²) in [6, 6.07) is 21.7. The summed E-state index contributed by atoms with van der Waals surface area (Å²) in [7, 11) is 1.59. The molecular weight excluding hydrogens is 482 g/mol. The molecule has 0 saturated heterocycles. The summed E-state index contributed by atoms with van der Waals surface area (Å²) in [6.45, 7) is 0.296. The van der Waals surface area contributed by atoms with Crippen LogP contribution in [0, 0.1) is 0 Å². The van der Waals surface area contributed by atoms with Gasteiger partial charge in [0.05, 0.1) is 7.11 Å². The average Bonchev–Trinajstić information content (AvgIpc) is 3.78. The zero-order valence-corrected chi connectivity index (χ0v) is 20.9. The lowest BCUT2D eigenvalue weighted by Gasteiger charge is -2.10. The third-order valence-corrected chi connectivity index (χ3v) is 6.00. The number of hydrogen-bond acceptors (Lipinski definition) is 5. The first kappa shape index (κ1) is 26.4. The van der Waals surface area contributed by atoms with E-state index < -0.39 is 5.91 Å². The number of hydrogen-bond donors (Lipinski definition) is 4. The van der Waals surface area contributed by atoms with Gasteiger partial charge in [0.15, 0.2) is 0 Å². The minimum absolute atomic E-state index is 0.118. The van der Waals surface area contributed by atoms with Crippen molar-refractivity contribution < 1.29 is 24.3 Å². The molecule has 1 aliphatic carbocycles. The van der Waals surface area contributed by atoms with Gasteiger partial charge in [-0.25, -0.2) is 5.48 Å². The Balaban J connectivity index is 1.39. The average molecular weight is 512 g/mol. The summed E-state index contributed by atoms with van der Waals surface area (Å²) in [5.41, 5.74) is 5.73. The van der Waals surface area contributed by atoms with E-state index in [0.717, 1.165) is 35.1 Å². The van der Waals surface area contributed by atoms with Gasteiger partial charge in [0.1, 0.15) is 5.75 Å². The van der Waals surface area contributed by atoms with Crippen LogP contribution in [0.4, 0.5) is 0 Å². The van der Waals surface area contributed by atoms with E-state index in [1.165, 1.54) is 6.08 Å². The Labute approximate surface area is 221 Å². The Hall–Kier alpha value is -4.69. The molecule has 0 atom stereocenters. The van der Waals surface area contributed by atoms with Gasteiger partial charge in [-0.15, -0.1) is 0 Å². The van der Waals surface area contributed by atoms with E-state index in [1.54, 1.807) is 42.9 Å². The maximum Gasteiger partial charge on any atom is 0.274 e. The predicted octanol–water partition coefficient (Wildman–Crippen LogP) is 3.96. The summed E-state index contributed by atoms with van der Waals surface area (Å²) in [6.07, 6.45) is 7.01. The van der Waals surface area contributed by atoms with Crippen molar-refractivity contribution in [2.75, 3.05) is 7.11 Å². The van der Waals surface area contributed by atoms with Crippen molar-refractivity contribution in [1.82, 2.24) is 16.1 Å². The Morgan fingerprint density at radius 2 is 1.66 bits per heavy atom. The van der Waals surface area contributed by atoms with Gasteiger partial charge in [0.25, 0.3) is 11.8 Å². The monoisotopic (exact) mass is 511 g/mol. The molecule has 3 aromatic rings. The fourth-order valence-electron chi connectivity index (χ4n) is 3.69. The molecule has 194 valence electrons. The van der Waals surface area contributed by atoms with Crippen molar-refractivity contribution in [2.24, 2.45) is 0 Å². The predicted molar refractivity (Wildman–Crippen MR) is 145 cm³/mol. The number of carbonyl (C=O) groups is 3. The van der Waals surface area contributed by atoms with E-state index in [-0.39, 0.29) is 17.9 Å². The SMILES string of the molecule is COc1cccc(C(=Cc2ccc(C=CC(=O)NCc3ccc(C(=O)NO)cc3)cc2)C(=O)NC2CC2)c1. The molecule has 8 nitrogen and oxygen atoms in total. The quantitative estimate of drug-likeness (QED) is 0.142. The van der Waals surface area contributed by atoms with Crippen LogP contribution in [-0.2, 0) is 16.1 Å². The van der Waals surface area contributed by atoms with Crippen LogP contribution in [0.25, 0.3) is 17.7 Å². The second-order valence-electron chi connectivity index (χ2n) is 8.89. The van der Waals surface area contributed by atoms with Crippen molar-refractivity contribution >= 4 is 35.4 Å². The van der Waals surface area contributed by atoms with Crippen LogP contribution in [0.1, 0.15) is 45.5 Å². The molecule has 1 fully saturated rings. The van der Waals surface area contributed by atoms with E-state index in [9.17, 15) is 14.4 Å². The first-order valence-corrected chi connectivity index (χ1v) is 12.2. The normalized spacial score (nSPS) is 13.2. The van der Waals surface area contributed by atoms with E-state index in [1.807, 2.05) is 54.6 Å². The summed E-state index contributed by atoms with van der Waals surface area (Å²) < 4.78 is 5.33. The number of amides is 3. The van der Waals surface area contributed by atoms with Crippen LogP contribution in [-0.4, -0.2) is 36.1 Å². The number of rotatable bonds is 10. The smallest absolute Gasteiger partial charge is 0.274 e. The zero-order chi connectivity index (χ0) is 26.9. The van der Waals surface area contributed by atoms with Crippen molar-refractivity contribution in [3.63, 3.8) is 0 Å². The van der Waals surface area contributed by atoms with E-state index in [0.29, 0.717) is 23.4 Å². The zero-order valence-electron chi connectivity index (χ0n) is 20.9. The van der Waals surface area contributed by atoms with Gasteiger partial charge in [-0.05, 0) is 71.5 Å². The van der Waals surface area contributed by atoms with Gasteiger partial charge in [-0.2, -0.15) is 0 Å². The molecule has 3 aromatic carbocycles. The number of benzene rings is 3. The highest BCUT2D eigenvalue weighted by Gasteiger charge is 2.25. The lowest BCUT2D eigenvalue weighted by Crippen LogP contribution is -2.26. The molecule has 38 heavy (non-hydrogen) atoms. The van der Waals surface area contributed by atoms with Gasteiger partial charge in [-0.1, -0.05) is 48.5 Å². The summed E-state index contributed by atoms with van der Waals surface area (Å²) >= 11 is 0. The van der Waals surface area contributed by atoms with Gasteiger partial charge < -0.3 is 15.4 Å². The number of methoxy groups -OCH3 is 1. The first-order chi connectivity index (χ1) is 18.4. The van der Waals surface area contributed by atoms with Crippen molar-refractivity contribution in [2.45, 2.75) is 25.4 Å². The van der Waals surface area contributed by atoms with Crippen LogP contribution < -0.4 is 20.9 Å². The molecule has 0 heterocycles. The Morgan fingerprint density at radius 1 is 0.947 bits per heavy atom. The molecule has 8 heteroatoms. The minimum atomic E-state index is -0.594. The van der Waals surface area contributed by atoms with Gasteiger partial charge in [0.2, 0.25) is 5.91 Å². The maximum atomic E-state index is 13.0. The second kappa shape index (κ2) is 12.5. The van der Waals surface area contributed by atoms with Crippen LogP contribution in [0.3, 0.4) is 0 Å². The standard InChI is InChI=1S/C30H29N3O5/c1-38-26-4-2-3-24(18-26)27(30(36)32-25-14-15-25)17-21-7-5-20(6-8-21)11-16-28(34)31-19-22-9-12-23(13-10-22)29(35)33-37/h2-13,16-18,25,37H,14-15,19H2,1H3,(H,31,34)(H,32,36)(H,33,35). The van der Waals surface area contributed by atoms with Crippen LogP contribution in [0.2, 0.25) is 0 Å². The second-order valence-corrected chi connectivity index (χ2v) is 8.89. The molecule has 4 N–H and O–H groups in total. The number of carbonyl (C=O) groups excluding carboxylic acids is 3. The maximum absolute atomic E-state index is 13.0. The van der Waals surface area contributed by atoms with Gasteiger partial charge >= 0.3 is 0 Å². The molecule has 4 rings (SSSR count). The molecule has 0 aromatic heterocycles. The molecule has 0 radical (unpaired) electrons. The van der Waals surface area contributed by atoms with Crippen molar-refractivity contribution in [3.8, 4) is 5.75 Å². The molecule has 1 saturated carbocycles. The van der Waals surface area contributed by atoms with E-state index >= 15 is 0 Å². The molecule has 0 aliphatic heterocycles. The van der Waals surface area contributed by atoms with Gasteiger partial charge in [0, 0.05) is 29.8 Å². The van der Waals surface area contributed by atoms with E-state index in [4.69, 9.17) is 9.94 Å². The van der Waals surface area contributed by atoms with E-state index in [2.05, 4.69) is 10.6 Å². The highest BCUT2D eigenvalue weighted by molar-refractivity contribution is 6.24. The molecule has 0 bridgehead atoms. The molecule has 1 aliphatic rings. The first-order valence-electron chi connectivity index (χ1n) is 12.2. The van der Waals surface area contributed by atoms with Crippen molar-refractivity contribution in [1.29, 1.82) is 0 Å². The molecule has 0 spiro atoms. The number of hydroxylamine groups is 1. The topological polar surface area (TPSA) is 117 Å². The molecule has 3 amide bonds. The Kier molecular flexibility index (Phi) is 8.69. The third-order valence-electron chi connectivity index (χ3n) is 6.00. The Morgan fingerprint density at radius 3 is 2.32 bits per heavy atom. The highest BCUT2D eigenvalue weighted by Crippen LogP contribution is 2.26. The lowest BCUT2D eigenvalue weighted by molar-refractivity contribution is -0.117. The fourth-order valence-corrected chi connectivity index (χ4v) is 3.69. The number of nitrogens with one attached hydrogen (secondary N) is 3. The van der Waals surface area contributed by atoms with Crippen LogP contribution >= 0.6 is 0 Å². The Bertz CT molecular complexity index is 1360. The third kappa shape index (κ3) is 7.41. The minimum Gasteiger partial charge on any atom is -0.497 e. The molecule has 0 unspecified atom stereocenters. The summed E-state index contributed by atoms with van der Waals surface area (Å²) in [4.78, 5) is 36.6. The van der Waals surface area contributed by atoms with Crippen LogP contribution in [0.15, 0.2) is 78.9 Å².